The number of hydrogen-bond acceptors (Lipinski definition) is 2. The van der Waals surface area contributed by atoms with Crippen molar-refractivity contribution in [1.82, 2.24) is 4.90 Å². The normalized spacial score (nSPS) is 40.4. The lowest BCUT2D eigenvalue weighted by molar-refractivity contribution is 0.0327. The van der Waals surface area contributed by atoms with Crippen molar-refractivity contribution in [1.29, 1.82) is 0 Å². The van der Waals surface area contributed by atoms with E-state index in [1.165, 1.54) is 57.9 Å². The molecule has 0 radical (unpaired) electrons. The highest BCUT2D eigenvalue weighted by Gasteiger charge is 2.55. The van der Waals surface area contributed by atoms with Gasteiger partial charge in [-0.3, -0.25) is 4.90 Å². The molecule has 3 aliphatic carbocycles. The van der Waals surface area contributed by atoms with Crippen molar-refractivity contribution in [3.8, 4) is 0 Å². The molecule has 0 heterocycles. The highest BCUT2D eigenvalue weighted by atomic mass is 15.3. The highest BCUT2D eigenvalue weighted by molar-refractivity contribution is 5.10. The topological polar surface area (TPSA) is 29.3 Å². The van der Waals surface area contributed by atoms with Crippen LogP contribution < -0.4 is 5.73 Å². The largest absolute Gasteiger partial charge is 0.329 e. The second-order valence-electron chi connectivity index (χ2n) is 6.67. The van der Waals surface area contributed by atoms with Gasteiger partial charge in [-0.1, -0.05) is 19.8 Å². The second-order valence-corrected chi connectivity index (χ2v) is 6.67. The Morgan fingerprint density at radius 1 is 1.24 bits per heavy atom. The lowest BCUT2D eigenvalue weighted by Crippen LogP contribution is -2.58. The first-order valence-corrected chi connectivity index (χ1v) is 7.77. The molecule has 0 aromatic rings. The predicted molar refractivity (Wildman–Crippen MR) is 71.9 cm³/mol. The molecule has 0 aromatic carbocycles. The van der Waals surface area contributed by atoms with E-state index in [0.717, 1.165) is 24.4 Å². The fourth-order valence-electron chi connectivity index (χ4n) is 4.62. The van der Waals surface area contributed by atoms with E-state index in [4.69, 9.17) is 5.73 Å². The molecule has 0 saturated heterocycles. The van der Waals surface area contributed by atoms with Crippen LogP contribution in [0.4, 0.5) is 0 Å². The Kier molecular flexibility index (Phi) is 3.20. The van der Waals surface area contributed by atoms with Crippen molar-refractivity contribution < 1.29 is 0 Å². The third-order valence-electron chi connectivity index (χ3n) is 5.61. The molecule has 2 N–H and O–H groups in total. The van der Waals surface area contributed by atoms with Gasteiger partial charge in [-0.25, -0.2) is 0 Å². The van der Waals surface area contributed by atoms with Crippen molar-refractivity contribution in [3.05, 3.63) is 0 Å². The third kappa shape index (κ3) is 1.94. The first kappa shape index (κ1) is 12.0. The van der Waals surface area contributed by atoms with E-state index in [1.807, 2.05) is 0 Å². The smallest absolute Gasteiger partial charge is 0.0365 e. The summed E-state index contributed by atoms with van der Waals surface area (Å²) >= 11 is 0. The Balaban J connectivity index is 1.77. The zero-order chi connectivity index (χ0) is 11.9. The van der Waals surface area contributed by atoms with Crippen LogP contribution >= 0.6 is 0 Å². The minimum atomic E-state index is 0.416. The van der Waals surface area contributed by atoms with Gasteiger partial charge in [0.25, 0.3) is 0 Å². The van der Waals surface area contributed by atoms with Gasteiger partial charge < -0.3 is 5.73 Å². The van der Waals surface area contributed by atoms with Crippen molar-refractivity contribution in [2.24, 2.45) is 17.6 Å². The molecule has 17 heavy (non-hydrogen) atoms. The van der Waals surface area contributed by atoms with Crippen LogP contribution in [-0.2, 0) is 0 Å². The minimum absolute atomic E-state index is 0.416. The number of hydrogen-bond donors (Lipinski definition) is 1. The third-order valence-corrected chi connectivity index (χ3v) is 5.61. The quantitative estimate of drug-likeness (QED) is 0.768. The fraction of sp³-hybridized carbons (Fsp3) is 1.00. The van der Waals surface area contributed by atoms with Crippen LogP contribution in [0, 0.1) is 11.8 Å². The highest BCUT2D eigenvalue weighted by Crippen LogP contribution is 2.55. The Labute approximate surface area is 106 Å². The van der Waals surface area contributed by atoms with E-state index in [2.05, 4.69) is 11.8 Å². The van der Waals surface area contributed by atoms with Crippen molar-refractivity contribution >= 4 is 0 Å². The van der Waals surface area contributed by atoms with E-state index >= 15 is 0 Å². The summed E-state index contributed by atoms with van der Waals surface area (Å²) in [5.74, 6) is 1.93. The molecule has 3 aliphatic rings. The zero-order valence-electron chi connectivity index (χ0n) is 11.3. The van der Waals surface area contributed by atoms with Crippen LogP contribution in [-0.4, -0.2) is 29.6 Å². The molecular formula is C15H28N2. The van der Waals surface area contributed by atoms with Gasteiger partial charge in [0.2, 0.25) is 0 Å². The molecule has 0 aliphatic heterocycles. The average molecular weight is 236 g/mol. The first-order valence-electron chi connectivity index (χ1n) is 7.77. The van der Waals surface area contributed by atoms with Crippen molar-refractivity contribution in [2.45, 2.75) is 69.9 Å². The molecule has 3 atom stereocenters. The number of rotatable bonds is 6. The molecule has 2 bridgehead atoms. The average Bonchev–Trinajstić information content (AvgIpc) is 2.98. The van der Waals surface area contributed by atoms with Gasteiger partial charge in [0, 0.05) is 18.1 Å². The molecule has 98 valence electrons. The molecule has 0 amide bonds. The molecule has 2 nitrogen and oxygen atoms in total. The summed E-state index contributed by atoms with van der Waals surface area (Å²) in [6.07, 6.45) is 11.4. The lowest BCUT2D eigenvalue weighted by atomic mass is 9.79. The van der Waals surface area contributed by atoms with Crippen molar-refractivity contribution in [2.75, 3.05) is 13.1 Å². The summed E-state index contributed by atoms with van der Waals surface area (Å²) in [4.78, 5) is 2.86. The first-order chi connectivity index (χ1) is 8.30. The predicted octanol–water partition coefficient (Wildman–Crippen LogP) is 2.77. The Bertz CT molecular complexity index is 274. The Morgan fingerprint density at radius 2 is 2.06 bits per heavy atom. The molecule has 3 saturated carbocycles. The molecule has 2 heteroatoms. The maximum Gasteiger partial charge on any atom is 0.0365 e. The summed E-state index contributed by atoms with van der Waals surface area (Å²) in [6, 6.07) is 0.893. The maximum absolute atomic E-state index is 6.25. The van der Waals surface area contributed by atoms with Gasteiger partial charge in [-0.2, -0.15) is 0 Å². The van der Waals surface area contributed by atoms with Crippen LogP contribution in [0.1, 0.15) is 58.3 Å². The summed E-state index contributed by atoms with van der Waals surface area (Å²) < 4.78 is 0. The van der Waals surface area contributed by atoms with E-state index in [9.17, 15) is 0 Å². The SMILES string of the molecule is CCCCN(C1CC1)C1(CN)CC2CCC1C2. The maximum atomic E-state index is 6.25. The van der Waals surface area contributed by atoms with Crippen LogP contribution in [0.25, 0.3) is 0 Å². The van der Waals surface area contributed by atoms with Crippen LogP contribution in [0.2, 0.25) is 0 Å². The lowest BCUT2D eigenvalue weighted by Gasteiger charge is -2.47. The van der Waals surface area contributed by atoms with Crippen LogP contribution in [0.5, 0.6) is 0 Å². The van der Waals surface area contributed by atoms with Gasteiger partial charge in [-0.15, -0.1) is 0 Å². The molecule has 3 rings (SSSR count). The van der Waals surface area contributed by atoms with Gasteiger partial charge in [0.15, 0.2) is 0 Å². The van der Waals surface area contributed by atoms with Gasteiger partial charge in [0.05, 0.1) is 0 Å². The van der Waals surface area contributed by atoms with Crippen LogP contribution in [0.15, 0.2) is 0 Å². The zero-order valence-corrected chi connectivity index (χ0v) is 11.3. The van der Waals surface area contributed by atoms with Crippen molar-refractivity contribution in [3.63, 3.8) is 0 Å². The van der Waals surface area contributed by atoms with E-state index in [-0.39, 0.29) is 0 Å². The van der Waals surface area contributed by atoms with E-state index in [1.54, 1.807) is 0 Å². The molecule has 3 fully saturated rings. The van der Waals surface area contributed by atoms with E-state index < -0.39 is 0 Å². The van der Waals surface area contributed by atoms with Gasteiger partial charge in [0.1, 0.15) is 0 Å². The molecule has 0 aromatic heterocycles. The number of fused-ring (bicyclic) bond motifs is 2. The molecule has 3 unspecified atom stereocenters. The Morgan fingerprint density at radius 3 is 2.53 bits per heavy atom. The standard InChI is InChI=1S/C15H28N2/c1-2-3-8-17(14-6-7-14)15(11-16)10-12-4-5-13(15)9-12/h12-14H,2-11,16H2,1H3. The number of unbranched alkanes of at least 4 members (excludes halogenated alkanes) is 1. The molecule has 0 spiro atoms. The van der Waals surface area contributed by atoms with E-state index in [0.29, 0.717) is 5.54 Å². The summed E-state index contributed by atoms with van der Waals surface area (Å²) in [5, 5.41) is 0. The molecular weight excluding hydrogens is 208 g/mol. The fourth-order valence-corrected chi connectivity index (χ4v) is 4.62. The number of nitrogens with zero attached hydrogens (tertiary/aromatic N) is 1. The Hall–Kier alpha value is -0.0800. The summed E-state index contributed by atoms with van der Waals surface area (Å²) in [7, 11) is 0. The minimum Gasteiger partial charge on any atom is -0.329 e. The monoisotopic (exact) mass is 236 g/mol. The summed E-state index contributed by atoms with van der Waals surface area (Å²) in [6.45, 7) is 4.52. The second kappa shape index (κ2) is 4.55. The van der Waals surface area contributed by atoms with Gasteiger partial charge >= 0.3 is 0 Å². The number of nitrogens with two attached hydrogens (primary N) is 1. The summed E-state index contributed by atoms with van der Waals surface area (Å²) in [5.41, 5.74) is 6.67. The van der Waals surface area contributed by atoms with Crippen LogP contribution in [0.3, 0.4) is 0 Å². The van der Waals surface area contributed by atoms with Gasteiger partial charge in [-0.05, 0) is 56.9 Å².